The van der Waals surface area contributed by atoms with Crippen molar-refractivity contribution in [2.24, 2.45) is 0 Å². The number of ether oxygens (including phenoxy) is 1. The van der Waals surface area contributed by atoms with Crippen LogP contribution in [0.1, 0.15) is 24.5 Å². The van der Waals surface area contributed by atoms with E-state index in [1.54, 1.807) is 0 Å². The summed E-state index contributed by atoms with van der Waals surface area (Å²) in [6.45, 7) is 6.09. The first-order valence-electron chi connectivity index (χ1n) is 9.25. The van der Waals surface area contributed by atoms with Crippen molar-refractivity contribution < 1.29 is 14.6 Å². The number of aliphatic hydroxyl groups is 1. The van der Waals surface area contributed by atoms with Gasteiger partial charge in [-0.3, -0.25) is 14.6 Å². The van der Waals surface area contributed by atoms with Gasteiger partial charge >= 0.3 is 0 Å². The molecule has 2 fully saturated rings. The second kappa shape index (κ2) is 9.29. The summed E-state index contributed by atoms with van der Waals surface area (Å²) >= 11 is 0. The first kappa shape index (κ1) is 18.3. The van der Waals surface area contributed by atoms with E-state index in [1.807, 2.05) is 30.3 Å². The largest absolute Gasteiger partial charge is 0.387 e. The Kier molecular flexibility index (Phi) is 6.81. The molecule has 0 saturated carbocycles. The van der Waals surface area contributed by atoms with Crippen LogP contribution in [-0.2, 0) is 9.53 Å². The van der Waals surface area contributed by atoms with Gasteiger partial charge in [0.25, 0.3) is 0 Å². The number of hydrogen-bond acceptors (Lipinski definition) is 5. The summed E-state index contributed by atoms with van der Waals surface area (Å²) in [4.78, 5) is 16.6. The molecule has 1 aromatic rings. The standard InChI is InChI=1S/C19H29N3O3/c23-18(16-4-2-1-3-5-16)14-21-8-10-22(11-9-21)15-19(24)20-17-6-12-25-13-7-17/h1-5,17-18,23H,6-15H2,(H,20,24). The maximum Gasteiger partial charge on any atom is 0.234 e. The van der Waals surface area contributed by atoms with Crippen molar-refractivity contribution in [3.63, 3.8) is 0 Å². The molecule has 0 aliphatic carbocycles. The molecule has 2 heterocycles. The van der Waals surface area contributed by atoms with E-state index in [9.17, 15) is 9.90 Å². The molecule has 25 heavy (non-hydrogen) atoms. The van der Waals surface area contributed by atoms with Gasteiger partial charge in [-0.25, -0.2) is 0 Å². The summed E-state index contributed by atoms with van der Waals surface area (Å²) in [5, 5.41) is 13.5. The molecule has 3 rings (SSSR count). The normalized spacial score (nSPS) is 21.8. The van der Waals surface area contributed by atoms with E-state index < -0.39 is 6.10 Å². The quantitative estimate of drug-likeness (QED) is 0.790. The highest BCUT2D eigenvalue weighted by Gasteiger charge is 2.22. The van der Waals surface area contributed by atoms with E-state index >= 15 is 0 Å². The number of rotatable bonds is 6. The van der Waals surface area contributed by atoms with Crippen molar-refractivity contribution in [2.75, 3.05) is 52.5 Å². The average Bonchev–Trinajstić information content (AvgIpc) is 2.65. The first-order valence-corrected chi connectivity index (χ1v) is 9.25. The third-order valence-corrected chi connectivity index (χ3v) is 5.03. The van der Waals surface area contributed by atoms with E-state index in [2.05, 4.69) is 15.1 Å². The molecule has 0 radical (unpaired) electrons. The van der Waals surface area contributed by atoms with Crippen LogP contribution in [0.25, 0.3) is 0 Å². The fourth-order valence-corrected chi connectivity index (χ4v) is 3.47. The topological polar surface area (TPSA) is 65.0 Å². The van der Waals surface area contributed by atoms with Crippen LogP contribution in [0.4, 0.5) is 0 Å². The van der Waals surface area contributed by atoms with Crippen LogP contribution in [0.3, 0.4) is 0 Å². The molecule has 1 amide bonds. The van der Waals surface area contributed by atoms with Gasteiger partial charge in [0.05, 0.1) is 12.6 Å². The average molecular weight is 347 g/mol. The summed E-state index contributed by atoms with van der Waals surface area (Å²) < 4.78 is 5.32. The molecule has 2 saturated heterocycles. The number of β-amino-alcohol motifs (C(OH)–C–C–N with tert-alkyl or cyclic N) is 1. The Morgan fingerprint density at radius 3 is 2.44 bits per heavy atom. The van der Waals surface area contributed by atoms with E-state index in [-0.39, 0.29) is 11.9 Å². The summed E-state index contributed by atoms with van der Waals surface area (Å²) in [5.74, 6) is 0.115. The minimum absolute atomic E-state index is 0.115. The van der Waals surface area contributed by atoms with Crippen LogP contribution in [0.2, 0.25) is 0 Å². The molecular weight excluding hydrogens is 318 g/mol. The fraction of sp³-hybridized carbons (Fsp3) is 0.632. The Bertz CT molecular complexity index is 526. The van der Waals surface area contributed by atoms with Gasteiger partial charge < -0.3 is 15.2 Å². The SMILES string of the molecule is O=C(CN1CCN(CC(O)c2ccccc2)CC1)NC1CCOCC1. The monoisotopic (exact) mass is 347 g/mol. The lowest BCUT2D eigenvalue weighted by molar-refractivity contribution is -0.124. The molecule has 6 nitrogen and oxygen atoms in total. The number of nitrogens with zero attached hydrogens (tertiary/aromatic N) is 2. The predicted molar refractivity (Wildman–Crippen MR) is 96.3 cm³/mol. The van der Waals surface area contributed by atoms with Crippen molar-refractivity contribution in [1.82, 2.24) is 15.1 Å². The number of benzene rings is 1. The van der Waals surface area contributed by atoms with Gasteiger partial charge in [0.15, 0.2) is 0 Å². The number of piperazine rings is 1. The van der Waals surface area contributed by atoms with Crippen LogP contribution < -0.4 is 5.32 Å². The lowest BCUT2D eigenvalue weighted by Crippen LogP contribution is -2.51. The van der Waals surface area contributed by atoms with Crippen molar-refractivity contribution in [3.05, 3.63) is 35.9 Å². The Morgan fingerprint density at radius 1 is 1.12 bits per heavy atom. The first-order chi connectivity index (χ1) is 12.2. The molecule has 0 bridgehead atoms. The number of carbonyl (C=O) groups excluding carboxylic acids is 1. The van der Waals surface area contributed by atoms with Crippen LogP contribution in [-0.4, -0.2) is 79.3 Å². The van der Waals surface area contributed by atoms with Crippen LogP contribution in [0, 0.1) is 0 Å². The van der Waals surface area contributed by atoms with Gasteiger partial charge in [-0.2, -0.15) is 0 Å². The van der Waals surface area contributed by atoms with Gasteiger partial charge in [-0.05, 0) is 18.4 Å². The molecule has 6 heteroatoms. The molecule has 1 unspecified atom stereocenters. The lowest BCUT2D eigenvalue weighted by atomic mass is 10.1. The highest BCUT2D eigenvalue weighted by atomic mass is 16.5. The Hall–Kier alpha value is -1.47. The Labute approximate surface area is 149 Å². The molecular formula is C19H29N3O3. The summed E-state index contributed by atoms with van der Waals surface area (Å²) in [6.07, 6.45) is 1.37. The van der Waals surface area contributed by atoms with Crippen molar-refractivity contribution in [2.45, 2.75) is 25.0 Å². The zero-order valence-electron chi connectivity index (χ0n) is 14.8. The van der Waals surface area contributed by atoms with Gasteiger partial charge in [0.1, 0.15) is 0 Å². The summed E-state index contributed by atoms with van der Waals surface area (Å²) in [7, 11) is 0. The fourth-order valence-electron chi connectivity index (χ4n) is 3.47. The maximum atomic E-state index is 12.2. The number of aliphatic hydroxyl groups excluding tert-OH is 1. The zero-order chi connectivity index (χ0) is 17.5. The highest BCUT2D eigenvalue weighted by Crippen LogP contribution is 2.15. The van der Waals surface area contributed by atoms with Crippen molar-refractivity contribution >= 4 is 5.91 Å². The van der Waals surface area contributed by atoms with Crippen molar-refractivity contribution in [3.8, 4) is 0 Å². The molecule has 138 valence electrons. The summed E-state index contributed by atoms with van der Waals surface area (Å²) in [5.41, 5.74) is 0.959. The molecule has 0 aromatic heterocycles. The van der Waals surface area contributed by atoms with E-state index in [0.717, 1.165) is 57.8 Å². The molecule has 1 aromatic carbocycles. The molecule has 0 spiro atoms. The van der Waals surface area contributed by atoms with E-state index in [1.165, 1.54) is 0 Å². The predicted octanol–water partition coefficient (Wildman–Crippen LogP) is 0.633. The van der Waals surface area contributed by atoms with Crippen molar-refractivity contribution in [1.29, 1.82) is 0 Å². The van der Waals surface area contributed by atoms with Gasteiger partial charge in [0, 0.05) is 52.0 Å². The van der Waals surface area contributed by atoms with Crippen LogP contribution >= 0.6 is 0 Å². The van der Waals surface area contributed by atoms with E-state index in [4.69, 9.17) is 4.74 Å². The lowest BCUT2D eigenvalue weighted by Gasteiger charge is -2.35. The third kappa shape index (κ3) is 5.78. The molecule has 2 N–H and O–H groups in total. The smallest absolute Gasteiger partial charge is 0.234 e. The molecule has 2 aliphatic rings. The molecule has 2 aliphatic heterocycles. The zero-order valence-corrected chi connectivity index (χ0v) is 14.8. The Balaban J connectivity index is 1.36. The maximum absolute atomic E-state index is 12.2. The minimum Gasteiger partial charge on any atom is -0.387 e. The van der Waals surface area contributed by atoms with E-state index in [0.29, 0.717) is 13.1 Å². The van der Waals surface area contributed by atoms with Gasteiger partial charge in [-0.1, -0.05) is 30.3 Å². The second-order valence-corrected chi connectivity index (χ2v) is 6.96. The number of carbonyl (C=O) groups is 1. The van der Waals surface area contributed by atoms with Gasteiger partial charge in [0.2, 0.25) is 5.91 Å². The number of nitrogens with one attached hydrogen (secondary N) is 1. The Morgan fingerprint density at radius 2 is 1.76 bits per heavy atom. The molecule has 1 atom stereocenters. The highest BCUT2D eigenvalue weighted by molar-refractivity contribution is 5.78. The third-order valence-electron chi connectivity index (χ3n) is 5.03. The summed E-state index contributed by atoms with van der Waals surface area (Å²) in [6, 6.07) is 10.0. The van der Waals surface area contributed by atoms with Crippen LogP contribution in [0.5, 0.6) is 0 Å². The van der Waals surface area contributed by atoms with Crippen LogP contribution in [0.15, 0.2) is 30.3 Å². The minimum atomic E-state index is -0.454. The van der Waals surface area contributed by atoms with Gasteiger partial charge in [-0.15, -0.1) is 0 Å². The number of amides is 1. The second-order valence-electron chi connectivity index (χ2n) is 6.96. The number of hydrogen-bond donors (Lipinski definition) is 2.